The zero-order valence-corrected chi connectivity index (χ0v) is 11.3. The van der Waals surface area contributed by atoms with Crippen LogP contribution < -0.4 is 21.9 Å². The minimum absolute atomic E-state index is 0.365. The number of hydrogen-bond acceptors (Lipinski definition) is 7. The van der Waals surface area contributed by atoms with Crippen LogP contribution in [0.2, 0.25) is 0 Å². The van der Waals surface area contributed by atoms with Gasteiger partial charge in [-0.1, -0.05) is 17.8 Å². The lowest BCUT2D eigenvalue weighted by Crippen LogP contribution is -1.99. The molecule has 0 unspecified atom stereocenters. The highest BCUT2D eigenvalue weighted by Gasteiger charge is 2.04. The Hall–Kier alpha value is -2.15. The van der Waals surface area contributed by atoms with Crippen molar-refractivity contribution in [2.45, 2.75) is 10.9 Å². The smallest absolute Gasteiger partial charge is 0.191 e. The number of rotatable bonds is 4. The molecule has 19 heavy (non-hydrogen) atoms. The van der Waals surface area contributed by atoms with E-state index in [2.05, 4.69) is 9.97 Å². The maximum Gasteiger partial charge on any atom is 0.191 e. The minimum atomic E-state index is 0.365. The normalized spacial score (nSPS) is 10.4. The molecule has 0 spiro atoms. The van der Waals surface area contributed by atoms with Crippen molar-refractivity contribution < 1.29 is 4.74 Å². The number of methoxy groups -OCH3 is 1. The van der Waals surface area contributed by atoms with Crippen molar-refractivity contribution in [1.82, 2.24) is 9.97 Å². The fraction of sp³-hybridized carbons (Fsp3) is 0.167. The van der Waals surface area contributed by atoms with Crippen molar-refractivity contribution in [3.63, 3.8) is 0 Å². The van der Waals surface area contributed by atoms with Crippen LogP contribution in [0.3, 0.4) is 0 Å². The predicted molar refractivity (Wildman–Crippen MR) is 77.8 cm³/mol. The maximum absolute atomic E-state index is 5.84. The van der Waals surface area contributed by atoms with E-state index in [9.17, 15) is 0 Å². The van der Waals surface area contributed by atoms with Gasteiger partial charge in [0.2, 0.25) is 0 Å². The van der Waals surface area contributed by atoms with E-state index in [1.54, 1.807) is 7.11 Å². The van der Waals surface area contributed by atoms with Crippen LogP contribution in [0.1, 0.15) is 5.56 Å². The molecule has 0 atom stereocenters. The summed E-state index contributed by atoms with van der Waals surface area (Å²) in [6, 6.07) is 7.16. The summed E-state index contributed by atoms with van der Waals surface area (Å²) in [6.45, 7) is 0. The second-order valence-corrected chi connectivity index (χ2v) is 4.81. The number of nitrogens with zero attached hydrogens (tertiary/aromatic N) is 2. The number of ether oxygens (including phenoxy) is 1. The lowest BCUT2D eigenvalue weighted by Gasteiger charge is -2.07. The Morgan fingerprint density at radius 3 is 2.37 bits per heavy atom. The third-order valence-corrected chi connectivity index (χ3v) is 3.33. The molecule has 0 bridgehead atoms. The topological polar surface area (TPSA) is 113 Å². The first-order chi connectivity index (χ1) is 9.08. The van der Waals surface area contributed by atoms with E-state index in [4.69, 9.17) is 21.9 Å². The molecule has 1 aromatic heterocycles. The molecule has 0 aliphatic rings. The summed E-state index contributed by atoms with van der Waals surface area (Å²) in [6.07, 6.45) is 0. The van der Waals surface area contributed by atoms with Gasteiger partial charge in [-0.25, -0.2) is 9.97 Å². The highest BCUT2D eigenvalue weighted by molar-refractivity contribution is 7.98. The molecule has 100 valence electrons. The van der Waals surface area contributed by atoms with Gasteiger partial charge in [-0.05, 0) is 17.7 Å². The molecule has 7 heteroatoms. The minimum Gasteiger partial charge on any atom is -0.495 e. The first-order valence-electron chi connectivity index (χ1n) is 5.53. The standard InChI is InChI=1S/C12H15N5OS/c1-18-9-3-2-7(4-8(9)13)6-19-12-16-10(14)5-11(15)17-12/h2-5H,6,13H2,1H3,(H4,14,15,16,17). The Morgan fingerprint density at radius 2 is 1.79 bits per heavy atom. The lowest BCUT2D eigenvalue weighted by atomic mass is 10.2. The van der Waals surface area contributed by atoms with Gasteiger partial charge < -0.3 is 21.9 Å². The predicted octanol–water partition coefficient (Wildman–Crippen LogP) is 1.52. The second kappa shape index (κ2) is 5.66. The number of nitrogens with two attached hydrogens (primary N) is 3. The molecule has 0 aliphatic heterocycles. The molecular weight excluding hydrogens is 262 g/mol. The van der Waals surface area contributed by atoms with Crippen LogP contribution >= 0.6 is 11.8 Å². The third kappa shape index (κ3) is 3.41. The summed E-state index contributed by atoms with van der Waals surface area (Å²) in [5, 5.41) is 0.548. The van der Waals surface area contributed by atoms with Crippen molar-refractivity contribution >= 4 is 29.1 Å². The van der Waals surface area contributed by atoms with Crippen molar-refractivity contribution in [2.75, 3.05) is 24.3 Å². The molecule has 0 fully saturated rings. The average molecular weight is 277 g/mol. The van der Waals surface area contributed by atoms with Gasteiger partial charge in [-0.15, -0.1) is 0 Å². The molecule has 0 saturated heterocycles. The van der Waals surface area contributed by atoms with Gasteiger partial charge in [-0.3, -0.25) is 0 Å². The molecule has 6 nitrogen and oxygen atoms in total. The van der Waals surface area contributed by atoms with Crippen LogP contribution in [0.5, 0.6) is 5.75 Å². The van der Waals surface area contributed by atoms with Crippen LogP contribution in [0, 0.1) is 0 Å². The Balaban J connectivity index is 2.08. The van der Waals surface area contributed by atoms with Crippen LogP contribution in [-0.4, -0.2) is 17.1 Å². The van der Waals surface area contributed by atoms with Crippen LogP contribution in [0.4, 0.5) is 17.3 Å². The van der Waals surface area contributed by atoms with Crippen LogP contribution in [0.25, 0.3) is 0 Å². The van der Waals surface area contributed by atoms with E-state index in [0.717, 1.165) is 5.56 Å². The van der Waals surface area contributed by atoms with Crippen LogP contribution in [0.15, 0.2) is 29.4 Å². The largest absolute Gasteiger partial charge is 0.495 e. The van der Waals surface area contributed by atoms with Crippen molar-refractivity contribution in [1.29, 1.82) is 0 Å². The number of benzene rings is 1. The van der Waals surface area contributed by atoms with Gasteiger partial charge in [0.1, 0.15) is 17.4 Å². The molecule has 6 N–H and O–H groups in total. The molecule has 2 aromatic rings. The molecule has 0 amide bonds. The van der Waals surface area contributed by atoms with Gasteiger partial charge in [0.05, 0.1) is 12.8 Å². The Labute approximate surface area is 115 Å². The molecule has 0 radical (unpaired) electrons. The van der Waals surface area contributed by atoms with E-state index in [0.29, 0.717) is 34.0 Å². The first kappa shape index (κ1) is 13.3. The molecule has 1 heterocycles. The summed E-state index contributed by atoms with van der Waals surface area (Å²) in [7, 11) is 1.59. The Morgan fingerprint density at radius 1 is 1.11 bits per heavy atom. The summed E-state index contributed by atoms with van der Waals surface area (Å²) in [5.74, 6) is 2.07. The number of hydrogen-bond donors (Lipinski definition) is 3. The highest BCUT2D eigenvalue weighted by atomic mass is 32.2. The quantitative estimate of drug-likeness (QED) is 0.441. The SMILES string of the molecule is COc1ccc(CSc2nc(N)cc(N)n2)cc1N. The van der Waals surface area contributed by atoms with Crippen molar-refractivity contribution in [3.05, 3.63) is 29.8 Å². The zero-order valence-electron chi connectivity index (χ0n) is 10.5. The van der Waals surface area contributed by atoms with Gasteiger partial charge in [-0.2, -0.15) is 0 Å². The fourth-order valence-corrected chi connectivity index (χ4v) is 2.36. The number of nitrogen functional groups attached to an aromatic ring is 3. The maximum atomic E-state index is 5.84. The van der Waals surface area contributed by atoms with Gasteiger partial charge in [0, 0.05) is 11.8 Å². The first-order valence-corrected chi connectivity index (χ1v) is 6.52. The molecular formula is C12H15N5OS. The second-order valence-electron chi connectivity index (χ2n) is 3.87. The van der Waals surface area contributed by atoms with Gasteiger partial charge >= 0.3 is 0 Å². The third-order valence-electron chi connectivity index (χ3n) is 2.41. The molecule has 0 saturated carbocycles. The summed E-state index contributed by atoms with van der Waals surface area (Å²) in [4.78, 5) is 8.20. The van der Waals surface area contributed by atoms with E-state index in [-0.39, 0.29) is 0 Å². The average Bonchev–Trinajstić information content (AvgIpc) is 2.35. The van der Waals surface area contributed by atoms with E-state index >= 15 is 0 Å². The molecule has 2 rings (SSSR count). The van der Waals surface area contributed by atoms with Crippen molar-refractivity contribution in [3.8, 4) is 5.75 Å². The van der Waals surface area contributed by atoms with Gasteiger partial charge in [0.25, 0.3) is 0 Å². The van der Waals surface area contributed by atoms with Gasteiger partial charge in [0.15, 0.2) is 5.16 Å². The van der Waals surface area contributed by atoms with Crippen LogP contribution in [-0.2, 0) is 5.75 Å². The van der Waals surface area contributed by atoms with E-state index < -0.39 is 0 Å². The Bertz CT molecular complexity index is 570. The lowest BCUT2D eigenvalue weighted by molar-refractivity contribution is 0.417. The Kier molecular flexibility index (Phi) is 3.96. The fourth-order valence-electron chi connectivity index (χ4n) is 1.55. The number of anilines is 3. The van der Waals surface area contributed by atoms with Crippen molar-refractivity contribution in [2.24, 2.45) is 0 Å². The highest BCUT2D eigenvalue weighted by Crippen LogP contribution is 2.26. The number of thioether (sulfide) groups is 1. The molecule has 1 aromatic carbocycles. The summed E-state index contributed by atoms with van der Waals surface area (Å²) in [5.41, 5.74) is 18.7. The monoisotopic (exact) mass is 277 g/mol. The number of aromatic nitrogens is 2. The van der Waals surface area contributed by atoms with E-state index in [1.807, 2.05) is 18.2 Å². The summed E-state index contributed by atoms with van der Waals surface area (Å²) >= 11 is 1.45. The van der Waals surface area contributed by atoms with E-state index in [1.165, 1.54) is 17.8 Å². The summed E-state index contributed by atoms with van der Waals surface area (Å²) < 4.78 is 5.10. The zero-order chi connectivity index (χ0) is 13.8. The molecule has 0 aliphatic carbocycles.